The van der Waals surface area contributed by atoms with E-state index in [4.69, 9.17) is 4.74 Å². The van der Waals surface area contributed by atoms with E-state index in [1.165, 1.54) is 0 Å². The van der Waals surface area contributed by atoms with Gasteiger partial charge in [-0.05, 0) is 44.5 Å². The molecule has 1 unspecified atom stereocenters. The Bertz CT molecular complexity index is 971. The Morgan fingerprint density at radius 2 is 1.91 bits per heavy atom. The average Bonchev–Trinajstić information content (AvgIpc) is 3.07. The Labute approximate surface area is 202 Å². The molecular weight excluding hydrogens is 432 g/mol. The van der Waals surface area contributed by atoms with Gasteiger partial charge in [-0.1, -0.05) is 32.0 Å². The van der Waals surface area contributed by atoms with Crippen molar-refractivity contribution < 1.29 is 14.3 Å². The molecule has 1 aromatic carbocycles. The topological polar surface area (TPSA) is 92.6 Å². The Kier molecular flexibility index (Phi) is 9.04. The Hall–Kier alpha value is -2.94. The van der Waals surface area contributed by atoms with Crippen LogP contribution in [0.15, 0.2) is 24.3 Å². The summed E-state index contributed by atoms with van der Waals surface area (Å²) in [7, 11) is 5.40. The Morgan fingerprint density at radius 3 is 2.62 bits per heavy atom. The molecule has 186 valence electrons. The predicted molar refractivity (Wildman–Crippen MR) is 131 cm³/mol. The Morgan fingerprint density at radius 1 is 1.15 bits per heavy atom. The van der Waals surface area contributed by atoms with Gasteiger partial charge in [0.2, 0.25) is 11.8 Å². The van der Waals surface area contributed by atoms with E-state index in [1.54, 1.807) is 7.11 Å². The monoisotopic (exact) mass is 470 g/mol. The highest BCUT2D eigenvalue weighted by Crippen LogP contribution is 2.23. The van der Waals surface area contributed by atoms with E-state index < -0.39 is 0 Å². The third kappa shape index (κ3) is 6.79. The van der Waals surface area contributed by atoms with Crippen LogP contribution >= 0.6 is 0 Å². The summed E-state index contributed by atoms with van der Waals surface area (Å²) < 4.78 is 7.50. The van der Waals surface area contributed by atoms with Gasteiger partial charge in [0.05, 0.1) is 19.7 Å². The van der Waals surface area contributed by atoms with Gasteiger partial charge in [-0.25, -0.2) is 0 Å². The van der Waals surface area contributed by atoms with Gasteiger partial charge in [0.25, 0.3) is 0 Å². The minimum absolute atomic E-state index is 0.0326. The van der Waals surface area contributed by atoms with Crippen LogP contribution in [0, 0.1) is 5.92 Å². The zero-order valence-electron chi connectivity index (χ0n) is 21.1. The van der Waals surface area contributed by atoms with Gasteiger partial charge in [0, 0.05) is 32.5 Å². The number of para-hydroxylation sites is 1. The summed E-state index contributed by atoms with van der Waals surface area (Å²) in [6.45, 7) is 6.42. The predicted octanol–water partition coefficient (Wildman–Crippen LogP) is 2.07. The van der Waals surface area contributed by atoms with Gasteiger partial charge < -0.3 is 24.4 Å². The zero-order valence-corrected chi connectivity index (χ0v) is 21.1. The smallest absolute Gasteiger partial charge is 0.234 e. The molecule has 0 saturated heterocycles. The SMILES string of the molecule is COc1ccccc1CCC(=O)N1CCc2nnc(C(CC(C)C)NC(=O)CN(C)C)n2CC1. The molecule has 1 aliphatic rings. The van der Waals surface area contributed by atoms with Crippen LogP contribution in [-0.4, -0.2) is 77.2 Å². The van der Waals surface area contributed by atoms with Crippen molar-refractivity contribution in [3.05, 3.63) is 41.5 Å². The lowest BCUT2D eigenvalue weighted by Crippen LogP contribution is -2.38. The number of ether oxygens (including phenoxy) is 1. The fourth-order valence-corrected chi connectivity index (χ4v) is 4.39. The van der Waals surface area contributed by atoms with Crippen molar-refractivity contribution >= 4 is 11.8 Å². The largest absolute Gasteiger partial charge is 0.496 e. The van der Waals surface area contributed by atoms with Crippen LogP contribution in [0.3, 0.4) is 0 Å². The molecule has 0 fully saturated rings. The lowest BCUT2D eigenvalue weighted by molar-refractivity contribution is -0.131. The number of carbonyl (C=O) groups excluding carboxylic acids is 2. The summed E-state index contributed by atoms with van der Waals surface area (Å²) in [4.78, 5) is 29.2. The molecule has 1 atom stereocenters. The number of nitrogens with zero attached hydrogens (tertiary/aromatic N) is 5. The molecule has 3 rings (SSSR count). The van der Waals surface area contributed by atoms with Crippen LogP contribution < -0.4 is 10.1 Å². The van der Waals surface area contributed by atoms with Gasteiger partial charge in [0.1, 0.15) is 11.6 Å². The van der Waals surface area contributed by atoms with E-state index in [2.05, 4.69) is 33.9 Å². The number of hydrogen-bond donors (Lipinski definition) is 1. The molecule has 0 bridgehead atoms. The number of amides is 2. The molecule has 0 aliphatic carbocycles. The molecule has 2 heterocycles. The first-order chi connectivity index (χ1) is 16.3. The number of rotatable bonds is 10. The normalized spacial score (nSPS) is 14.6. The second-order valence-corrected chi connectivity index (χ2v) is 9.56. The van der Waals surface area contributed by atoms with Crippen LogP contribution in [0.2, 0.25) is 0 Å². The van der Waals surface area contributed by atoms with Crippen LogP contribution in [0.5, 0.6) is 5.75 Å². The molecule has 9 nitrogen and oxygen atoms in total. The highest BCUT2D eigenvalue weighted by atomic mass is 16.5. The molecule has 2 amide bonds. The third-order valence-electron chi connectivity index (χ3n) is 6.02. The van der Waals surface area contributed by atoms with E-state index in [0.717, 1.165) is 29.4 Å². The van der Waals surface area contributed by atoms with Gasteiger partial charge >= 0.3 is 0 Å². The molecular formula is C25H38N6O3. The minimum atomic E-state index is -0.207. The molecule has 0 saturated carbocycles. The summed E-state index contributed by atoms with van der Waals surface area (Å²) >= 11 is 0. The van der Waals surface area contributed by atoms with Crippen molar-refractivity contribution in [2.75, 3.05) is 40.8 Å². The summed E-state index contributed by atoms with van der Waals surface area (Å²) in [6, 6.07) is 7.61. The summed E-state index contributed by atoms with van der Waals surface area (Å²) in [5.74, 6) is 2.94. The summed E-state index contributed by atoms with van der Waals surface area (Å²) in [5, 5.41) is 12.0. The molecule has 1 N–H and O–H groups in total. The molecule has 1 aromatic heterocycles. The molecule has 0 radical (unpaired) electrons. The summed E-state index contributed by atoms with van der Waals surface area (Å²) in [5.41, 5.74) is 1.04. The van der Waals surface area contributed by atoms with Gasteiger partial charge in [-0.2, -0.15) is 0 Å². The number of carbonyl (C=O) groups is 2. The maximum absolute atomic E-state index is 13.0. The molecule has 34 heavy (non-hydrogen) atoms. The molecule has 1 aliphatic heterocycles. The van der Waals surface area contributed by atoms with E-state index in [1.807, 2.05) is 48.2 Å². The number of benzene rings is 1. The number of aromatic nitrogens is 3. The average molecular weight is 471 g/mol. The summed E-state index contributed by atoms with van der Waals surface area (Å²) in [6.07, 6.45) is 2.50. The molecule has 0 spiro atoms. The fraction of sp³-hybridized carbons (Fsp3) is 0.600. The van der Waals surface area contributed by atoms with Crippen molar-refractivity contribution in [1.29, 1.82) is 0 Å². The van der Waals surface area contributed by atoms with Crippen molar-refractivity contribution in [2.45, 2.75) is 52.1 Å². The Balaban J connectivity index is 1.66. The quantitative estimate of drug-likeness (QED) is 0.572. The van der Waals surface area contributed by atoms with Gasteiger partial charge in [0.15, 0.2) is 5.82 Å². The first-order valence-electron chi connectivity index (χ1n) is 12.0. The standard InChI is InChI=1S/C25H38N6O3/c1-18(2)16-20(26-23(32)17-29(3)4)25-28-27-22-12-13-30(14-15-31(22)25)24(33)11-10-19-8-6-7-9-21(19)34-5/h6-9,18,20H,10-17H2,1-5H3,(H,26,32). The first kappa shape index (κ1) is 25.7. The maximum Gasteiger partial charge on any atom is 0.234 e. The van der Waals surface area contributed by atoms with Crippen molar-refractivity contribution in [1.82, 2.24) is 29.9 Å². The van der Waals surface area contributed by atoms with Crippen molar-refractivity contribution in [3.63, 3.8) is 0 Å². The number of aryl methyl sites for hydroxylation is 1. The number of likely N-dealkylation sites (N-methyl/N-ethyl adjacent to an activating group) is 1. The van der Waals surface area contributed by atoms with Crippen LogP contribution in [0.1, 0.15) is 49.9 Å². The van der Waals surface area contributed by atoms with Crippen LogP contribution in [0.4, 0.5) is 0 Å². The van der Waals surface area contributed by atoms with Crippen molar-refractivity contribution in [3.8, 4) is 5.75 Å². The van der Waals surface area contributed by atoms with E-state index in [9.17, 15) is 9.59 Å². The van der Waals surface area contributed by atoms with E-state index >= 15 is 0 Å². The van der Waals surface area contributed by atoms with Crippen molar-refractivity contribution in [2.24, 2.45) is 5.92 Å². The highest BCUT2D eigenvalue weighted by molar-refractivity contribution is 5.78. The zero-order chi connectivity index (χ0) is 24.7. The highest BCUT2D eigenvalue weighted by Gasteiger charge is 2.27. The first-order valence-corrected chi connectivity index (χ1v) is 12.0. The third-order valence-corrected chi connectivity index (χ3v) is 6.02. The number of nitrogens with one attached hydrogen (secondary N) is 1. The van der Waals surface area contributed by atoms with Crippen LogP contribution in [-0.2, 0) is 29.0 Å². The number of fused-ring (bicyclic) bond motifs is 1. The van der Waals surface area contributed by atoms with E-state index in [-0.39, 0.29) is 17.9 Å². The lowest BCUT2D eigenvalue weighted by atomic mass is 10.0. The minimum Gasteiger partial charge on any atom is -0.496 e. The second kappa shape index (κ2) is 12.0. The van der Waals surface area contributed by atoms with Gasteiger partial charge in [-0.3, -0.25) is 9.59 Å². The fourth-order valence-electron chi connectivity index (χ4n) is 4.39. The number of methoxy groups -OCH3 is 1. The maximum atomic E-state index is 13.0. The van der Waals surface area contributed by atoms with Gasteiger partial charge in [-0.15, -0.1) is 10.2 Å². The second-order valence-electron chi connectivity index (χ2n) is 9.56. The van der Waals surface area contributed by atoms with Crippen LogP contribution in [0.25, 0.3) is 0 Å². The molecule has 2 aromatic rings. The van der Waals surface area contributed by atoms with E-state index in [0.29, 0.717) is 51.4 Å². The lowest BCUT2D eigenvalue weighted by Gasteiger charge is -2.23. The number of hydrogen-bond acceptors (Lipinski definition) is 6. The molecule has 9 heteroatoms.